The van der Waals surface area contributed by atoms with Crippen LogP contribution < -0.4 is 0 Å². The van der Waals surface area contributed by atoms with Crippen LogP contribution in [0.25, 0.3) is 22.1 Å². The number of pyridine rings is 2. The number of piperazine rings is 1. The minimum Gasteiger partial charge on any atom is -0.345 e. The lowest BCUT2D eigenvalue weighted by molar-refractivity contribution is 0.0416. The van der Waals surface area contributed by atoms with Gasteiger partial charge < -0.3 is 19.8 Å². The van der Waals surface area contributed by atoms with Crippen molar-refractivity contribution >= 4 is 33.9 Å². The SMILES string of the molecule is CC1CN(C(=O)c2c[nH]c3ncccc23)CCN1C(=O)c1c[nH]c2ncccc12. The summed E-state index contributed by atoms with van der Waals surface area (Å²) in [7, 11) is 0. The average molecular weight is 388 g/mol. The predicted molar refractivity (Wildman–Crippen MR) is 109 cm³/mol. The van der Waals surface area contributed by atoms with E-state index in [9.17, 15) is 9.59 Å². The van der Waals surface area contributed by atoms with Crippen molar-refractivity contribution < 1.29 is 9.59 Å². The molecule has 8 nitrogen and oxygen atoms in total. The first-order valence-corrected chi connectivity index (χ1v) is 9.58. The van der Waals surface area contributed by atoms with Gasteiger partial charge in [0.2, 0.25) is 0 Å². The molecular formula is C21H20N6O2. The molecule has 0 saturated carbocycles. The van der Waals surface area contributed by atoms with Crippen molar-refractivity contribution in [3.63, 3.8) is 0 Å². The third-order valence-electron chi connectivity index (χ3n) is 5.54. The second-order valence-corrected chi connectivity index (χ2v) is 7.30. The summed E-state index contributed by atoms with van der Waals surface area (Å²) in [5.41, 5.74) is 2.63. The molecule has 2 amide bonds. The summed E-state index contributed by atoms with van der Waals surface area (Å²) in [5, 5.41) is 1.63. The quantitative estimate of drug-likeness (QED) is 0.551. The fraction of sp³-hybridized carbons (Fsp3) is 0.238. The smallest absolute Gasteiger partial charge is 0.256 e. The fourth-order valence-corrected chi connectivity index (χ4v) is 4.03. The number of H-pyrrole nitrogens is 2. The maximum absolute atomic E-state index is 13.1. The van der Waals surface area contributed by atoms with E-state index in [0.29, 0.717) is 42.1 Å². The van der Waals surface area contributed by atoms with Gasteiger partial charge in [-0.05, 0) is 31.2 Å². The highest BCUT2D eigenvalue weighted by molar-refractivity contribution is 6.07. The molecule has 8 heteroatoms. The minimum absolute atomic E-state index is 0.0415. The summed E-state index contributed by atoms with van der Waals surface area (Å²) in [4.78, 5) is 44.4. The molecule has 0 radical (unpaired) electrons. The zero-order chi connectivity index (χ0) is 20.0. The Bertz CT molecular complexity index is 1230. The van der Waals surface area contributed by atoms with Crippen molar-refractivity contribution in [3.8, 4) is 0 Å². The predicted octanol–water partition coefficient (Wildman–Crippen LogP) is 2.43. The van der Waals surface area contributed by atoms with Crippen molar-refractivity contribution in [2.24, 2.45) is 0 Å². The highest BCUT2D eigenvalue weighted by Crippen LogP contribution is 2.23. The third kappa shape index (κ3) is 2.84. The molecular weight excluding hydrogens is 368 g/mol. The number of hydrogen-bond donors (Lipinski definition) is 2. The van der Waals surface area contributed by atoms with Crippen molar-refractivity contribution in [1.82, 2.24) is 29.7 Å². The van der Waals surface area contributed by atoms with Crippen LogP contribution in [0.2, 0.25) is 0 Å². The molecule has 1 aliphatic heterocycles. The lowest BCUT2D eigenvalue weighted by Crippen LogP contribution is -2.55. The van der Waals surface area contributed by atoms with E-state index in [1.807, 2.05) is 36.1 Å². The average Bonchev–Trinajstić information content (AvgIpc) is 3.37. The van der Waals surface area contributed by atoms with Gasteiger partial charge in [-0.25, -0.2) is 9.97 Å². The molecule has 0 aliphatic carbocycles. The summed E-state index contributed by atoms with van der Waals surface area (Å²) in [5.74, 6) is -0.0837. The van der Waals surface area contributed by atoms with Gasteiger partial charge in [0.15, 0.2) is 0 Å². The molecule has 1 unspecified atom stereocenters. The summed E-state index contributed by atoms with van der Waals surface area (Å²) in [6.07, 6.45) is 6.81. The Kier molecular flexibility index (Phi) is 4.04. The van der Waals surface area contributed by atoms with E-state index in [1.165, 1.54) is 0 Å². The Hall–Kier alpha value is -3.68. The Morgan fingerprint density at radius 3 is 2.10 bits per heavy atom. The second kappa shape index (κ2) is 6.73. The summed E-state index contributed by atoms with van der Waals surface area (Å²) in [6, 6.07) is 7.33. The number of carbonyl (C=O) groups excluding carboxylic acids is 2. The van der Waals surface area contributed by atoms with E-state index in [4.69, 9.17) is 0 Å². The molecule has 5 rings (SSSR count). The molecule has 1 saturated heterocycles. The molecule has 146 valence electrons. The first-order chi connectivity index (χ1) is 14.1. The summed E-state index contributed by atoms with van der Waals surface area (Å²) in [6.45, 7) is 3.43. The van der Waals surface area contributed by atoms with E-state index in [1.54, 1.807) is 29.7 Å². The molecule has 0 bridgehead atoms. The standard InChI is InChI=1S/C21H20N6O2/c1-13-12-26(20(28)16-10-24-18-14(16)4-2-6-22-18)8-9-27(13)21(29)17-11-25-19-15(17)5-3-7-23-19/h2-7,10-11,13H,8-9,12H2,1H3,(H,22,24)(H,23,25). The van der Waals surface area contributed by atoms with Crippen LogP contribution in [0.15, 0.2) is 49.1 Å². The maximum Gasteiger partial charge on any atom is 0.256 e. The first-order valence-electron chi connectivity index (χ1n) is 9.58. The largest absolute Gasteiger partial charge is 0.345 e. The number of rotatable bonds is 2. The molecule has 29 heavy (non-hydrogen) atoms. The van der Waals surface area contributed by atoms with E-state index in [0.717, 1.165) is 10.8 Å². The van der Waals surface area contributed by atoms with Gasteiger partial charge in [0.05, 0.1) is 11.1 Å². The molecule has 4 aromatic rings. The number of hydrogen-bond acceptors (Lipinski definition) is 4. The minimum atomic E-state index is -0.0925. The second-order valence-electron chi connectivity index (χ2n) is 7.30. The van der Waals surface area contributed by atoms with Crippen molar-refractivity contribution in [3.05, 3.63) is 60.2 Å². The lowest BCUT2D eigenvalue weighted by atomic mass is 10.1. The van der Waals surface area contributed by atoms with Crippen LogP contribution >= 0.6 is 0 Å². The van der Waals surface area contributed by atoms with Gasteiger partial charge in [-0.3, -0.25) is 9.59 Å². The maximum atomic E-state index is 13.1. The van der Waals surface area contributed by atoms with Crippen molar-refractivity contribution in [2.75, 3.05) is 19.6 Å². The molecule has 0 spiro atoms. The molecule has 0 aromatic carbocycles. The normalized spacial score (nSPS) is 17.2. The van der Waals surface area contributed by atoms with Crippen molar-refractivity contribution in [2.45, 2.75) is 13.0 Å². The third-order valence-corrected chi connectivity index (χ3v) is 5.54. The molecule has 4 aromatic heterocycles. The van der Waals surface area contributed by atoms with Crippen LogP contribution in [0, 0.1) is 0 Å². The zero-order valence-electron chi connectivity index (χ0n) is 15.9. The van der Waals surface area contributed by atoms with Gasteiger partial charge >= 0.3 is 0 Å². The topological polar surface area (TPSA) is 98.0 Å². The van der Waals surface area contributed by atoms with Crippen LogP contribution in [0.5, 0.6) is 0 Å². The van der Waals surface area contributed by atoms with Gasteiger partial charge in [-0.1, -0.05) is 0 Å². The number of amides is 2. The van der Waals surface area contributed by atoms with Gasteiger partial charge in [0.1, 0.15) is 11.3 Å². The van der Waals surface area contributed by atoms with Crippen LogP contribution in [-0.2, 0) is 0 Å². The monoisotopic (exact) mass is 388 g/mol. The summed E-state index contributed by atoms with van der Waals surface area (Å²) < 4.78 is 0. The fourth-order valence-electron chi connectivity index (χ4n) is 4.03. The molecule has 1 fully saturated rings. The lowest BCUT2D eigenvalue weighted by Gasteiger charge is -2.39. The number of aromatic amines is 2. The molecule has 5 heterocycles. The van der Waals surface area contributed by atoms with Crippen LogP contribution in [0.3, 0.4) is 0 Å². The van der Waals surface area contributed by atoms with Gasteiger partial charge in [0, 0.05) is 61.2 Å². The van der Waals surface area contributed by atoms with Gasteiger partial charge in [-0.2, -0.15) is 0 Å². The Morgan fingerprint density at radius 2 is 1.52 bits per heavy atom. The summed E-state index contributed by atoms with van der Waals surface area (Å²) >= 11 is 0. The number of aromatic nitrogens is 4. The van der Waals surface area contributed by atoms with E-state index in [-0.39, 0.29) is 17.9 Å². The van der Waals surface area contributed by atoms with Crippen LogP contribution in [-0.4, -0.2) is 67.2 Å². The number of nitrogens with zero attached hydrogens (tertiary/aromatic N) is 4. The van der Waals surface area contributed by atoms with Gasteiger partial charge in [0.25, 0.3) is 11.8 Å². The van der Waals surface area contributed by atoms with Crippen LogP contribution in [0.1, 0.15) is 27.6 Å². The Labute approximate surface area is 166 Å². The van der Waals surface area contributed by atoms with E-state index >= 15 is 0 Å². The molecule has 1 aliphatic rings. The Balaban J connectivity index is 1.35. The number of carbonyl (C=O) groups is 2. The Morgan fingerprint density at radius 1 is 0.931 bits per heavy atom. The first kappa shape index (κ1) is 17.4. The van der Waals surface area contributed by atoms with Crippen LogP contribution in [0.4, 0.5) is 0 Å². The number of fused-ring (bicyclic) bond motifs is 2. The zero-order valence-corrected chi connectivity index (χ0v) is 15.9. The molecule has 1 atom stereocenters. The number of nitrogens with one attached hydrogen (secondary N) is 2. The highest BCUT2D eigenvalue weighted by atomic mass is 16.2. The van der Waals surface area contributed by atoms with E-state index < -0.39 is 0 Å². The van der Waals surface area contributed by atoms with E-state index in [2.05, 4.69) is 19.9 Å². The van der Waals surface area contributed by atoms with Gasteiger partial charge in [-0.15, -0.1) is 0 Å². The highest BCUT2D eigenvalue weighted by Gasteiger charge is 2.32. The molecule has 2 N–H and O–H groups in total. The van der Waals surface area contributed by atoms with Crippen molar-refractivity contribution in [1.29, 1.82) is 0 Å².